The zero-order valence-electron chi connectivity index (χ0n) is 16.2. The van der Waals surface area contributed by atoms with E-state index in [1.807, 2.05) is 19.1 Å². The summed E-state index contributed by atoms with van der Waals surface area (Å²) in [5, 5.41) is 21.3. The first kappa shape index (κ1) is 21.2. The summed E-state index contributed by atoms with van der Waals surface area (Å²) in [5.41, 5.74) is 2.18. The number of sulfonamides is 1. The predicted molar refractivity (Wildman–Crippen MR) is 113 cm³/mol. The highest BCUT2D eigenvalue weighted by molar-refractivity contribution is 7.89. The van der Waals surface area contributed by atoms with E-state index >= 15 is 0 Å². The number of nitrogens with zero attached hydrogens (tertiary/aromatic N) is 1. The summed E-state index contributed by atoms with van der Waals surface area (Å²) in [6.07, 6.45) is -2.03. The summed E-state index contributed by atoms with van der Waals surface area (Å²) in [6, 6.07) is 24.3. The second-order valence-corrected chi connectivity index (χ2v) is 8.93. The highest BCUT2D eigenvalue weighted by Crippen LogP contribution is 2.24. The van der Waals surface area contributed by atoms with E-state index in [4.69, 9.17) is 0 Å². The lowest BCUT2D eigenvalue weighted by Gasteiger charge is -2.27. The van der Waals surface area contributed by atoms with Crippen molar-refractivity contribution in [3.05, 3.63) is 102 Å². The Morgan fingerprint density at radius 3 is 1.55 bits per heavy atom. The smallest absolute Gasteiger partial charge is 0.243 e. The van der Waals surface area contributed by atoms with Gasteiger partial charge in [-0.05, 0) is 30.2 Å². The van der Waals surface area contributed by atoms with Crippen molar-refractivity contribution in [1.82, 2.24) is 4.31 Å². The molecule has 3 aromatic carbocycles. The Kier molecular flexibility index (Phi) is 6.82. The molecule has 0 aliphatic rings. The molecule has 0 saturated heterocycles. The van der Waals surface area contributed by atoms with Crippen LogP contribution < -0.4 is 0 Å². The SMILES string of the molecule is Cc1ccc(S(=O)(=O)N(C[C@@H](O)c2ccccc2)C[C@H](O)c2ccccc2)cc1. The van der Waals surface area contributed by atoms with E-state index < -0.39 is 22.2 Å². The number of hydrogen-bond donors (Lipinski definition) is 2. The standard InChI is InChI=1S/C23H25NO4S/c1-18-12-14-21(15-13-18)29(27,28)24(16-22(25)19-8-4-2-5-9-19)17-23(26)20-10-6-3-7-11-20/h2-15,22-23,25-26H,16-17H2,1H3/t22-,23+. The lowest BCUT2D eigenvalue weighted by molar-refractivity contribution is 0.108. The lowest BCUT2D eigenvalue weighted by Crippen LogP contribution is -2.38. The van der Waals surface area contributed by atoms with Gasteiger partial charge in [-0.2, -0.15) is 4.31 Å². The molecule has 152 valence electrons. The van der Waals surface area contributed by atoms with Crippen molar-refractivity contribution in [3.8, 4) is 0 Å². The minimum Gasteiger partial charge on any atom is -0.387 e. The fourth-order valence-corrected chi connectivity index (χ4v) is 4.53. The molecular formula is C23H25NO4S. The Morgan fingerprint density at radius 2 is 1.14 bits per heavy atom. The number of benzene rings is 3. The third kappa shape index (κ3) is 5.31. The number of aliphatic hydroxyl groups is 2. The van der Waals surface area contributed by atoms with Gasteiger partial charge in [-0.3, -0.25) is 0 Å². The van der Waals surface area contributed by atoms with Crippen LogP contribution in [-0.4, -0.2) is 36.0 Å². The summed E-state index contributed by atoms with van der Waals surface area (Å²) in [4.78, 5) is 0.128. The first-order valence-electron chi connectivity index (χ1n) is 9.41. The van der Waals surface area contributed by atoms with Crippen LogP contribution in [0.15, 0.2) is 89.8 Å². The second-order valence-electron chi connectivity index (χ2n) is 6.99. The second kappa shape index (κ2) is 9.33. The zero-order chi connectivity index (χ0) is 20.9. The van der Waals surface area contributed by atoms with Crippen LogP contribution in [0.2, 0.25) is 0 Å². The molecule has 0 aliphatic heterocycles. The highest BCUT2D eigenvalue weighted by atomic mass is 32.2. The number of hydrogen-bond acceptors (Lipinski definition) is 4. The summed E-state index contributed by atoms with van der Waals surface area (Å²) < 4.78 is 27.7. The molecule has 6 heteroatoms. The van der Waals surface area contributed by atoms with Crippen molar-refractivity contribution in [2.75, 3.05) is 13.1 Å². The van der Waals surface area contributed by atoms with Gasteiger partial charge in [-0.25, -0.2) is 8.42 Å². The first-order valence-corrected chi connectivity index (χ1v) is 10.8. The maximum atomic E-state index is 13.3. The summed E-state index contributed by atoms with van der Waals surface area (Å²) in [6.45, 7) is 1.56. The monoisotopic (exact) mass is 411 g/mol. The molecule has 0 spiro atoms. The van der Waals surface area contributed by atoms with E-state index in [2.05, 4.69) is 0 Å². The molecule has 5 nitrogen and oxygen atoms in total. The average Bonchev–Trinajstić information content (AvgIpc) is 2.74. The van der Waals surface area contributed by atoms with E-state index in [1.165, 1.54) is 0 Å². The van der Waals surface area contributed by atoms with E-state index in [0.29, 0.717) is 11.1 Å². The summed E-state index contributed by atoms with van der Waals surface area (Å²) >= 11 is 0. The highest BCUT2D eigenvalue weighted by Gasteiger charge is 2.29. The Bertz CT molecular complexity index is 958. The number of aryl methyl sites for hydroxylation is 1. The van der Waals surface area contributed by atoms with E-state index in [1.54, 1.807) is 72.8 Å². The molecule has 0 radical (unpaired) electrons. The van der Waals surface area contributed by atoms with E-state index in [-0.39, 0.29) is 18.0 Å². The molecule has 0 aromatic heterocycles. The zero-order valence-corrected chi connectivity index (χ0v) is 17.0. The molecule has 2 atom stereocenters. The van der Waals surface area contributed by atoms with Gasteiger partial charge >= 0.3 is 0 Å². The van der Waals surface area contributed by atoms with Gasteiger partial charge in [0.1, 0.15) is 0 Å². The molecule has 0 fully saturated rings. The number of rotatable bonds is 8. The van der Waals surface area contributed by atoms with Crippen LogP contribution in [0.5, 0.6) is 0 Å². The third-order valence-corrected chi connectivity index (χ3v) is 6.63. The van der Waals surface area contributed by atoms with Crippen LogP contribution in [0, 0.1) is 6.92 Å². The molecule has 0 bridgehead atoms. The van der Waals surface area contributed by atoms with Crippen molar-refractivity contribution in [2.24, 2.45) is 0 Å². The average molecular weight is 412 g/mol. The largest absolute Gasteiger partial charge is 0.387 e. The van der Waals surface area contributed by atoms with Crippen molar-refractivity contribution in [3.63, 3.8) is 0 Å². The Labute approximate surface area is 171 Å². The van der Waals surface area contributed by atoms with Gasteiger partial charge in [-0.1, -0.05) is 78.4 Å². The predicted octanol–water partition coefficient (Wildman–Crippen LogP) is 3.45. The molecular weight excluding hydrogens is 386 g/mol. The quantitative estimate of drug-likeness (QED) is 0.595. The fraction of sp³-hybridized carbons (Fsp3) is 0.217. The fourth-order valence-electron chi connectivity index (χ4n) is 3.08. The summed E-state index contributed by atoms with van der Waals surface area (Å²) in [5.74, 6) is 0. The third-order valence-electron chi connectivity index (χ3n) is 4.78. The number of aliphatic hydroxyl groups excluding tert-OH is 2. The van der Waals surface area contributed by atoms with Crippen LogP contribution in [0.4, 0.5) is 0 Å². The Hall–Kier alpha value is -2.51. The molecule has 29 heavy (non-hydrogen) atoms. The minimum absolute atomic E-state index is 0.128. The Morgan fingerprint density at radius 1 is 0.724 bits per heavy atom. The molecule has 0 unspecified atom stereocenters. The van der Waals surface area contributed by atoms with Crippen LogP contribution in [-0.2, 0) is 10.0 Å². The molecule has 3 rings (SSSR count). The van der Waals surface area contributed by atoms with Crippen molar-refractivity contribution >= 4 is 10.0 Å². The molecule has 0 saturated carbocycles. The minimum atomic E-state index is -3.91. The molecule has 3 aromatic rings. The normalized spacial score (nSPS) is 13.9. The van der Waals surface area contributed by atoms with E-state index in [9.17, 15) is 18.6 Å². The molecule has 2 N–H and O–H groups in total. The van der Waals surface area contributed by atoms with Gasteiger partial charge in [0, 0.05) is 13.1 Å². The molecule has 0 amide bonds. The summed E-state index contributed by atoms with van der Waals surface area (Å²) in [7, 11) is -3.91. The molecule has 0 aliphatic carbocycles. The maximum absolute atomic E-state index is 13.3. The van der Waals surface area contributed by atoms with Crippen LogP contribution in [0.25, 0.3) is 0 Å². The van der Waals surface area contributed by atoms with Gasteiger partial charge in [0.15, 0.2) is 0 Å². The van der Waals surface area contributed by atoms with Crippen molar-refractivity contribution in [1.29, 1.82) is 0 Å². The molecule has 0 heterocycles. The van der Waals surface area contributed by atoms with Crippen LogP contribution >= 0.6 is 0 Å². The lowest BCUT2D eigenvalue weighted by atomic mass is 10.1. The van der Waals surface area contributed by atoms with E-state index in [0.717, 1.165) is 9.87 Å². The Balaban J connectivity index is 1.91. The topological polar surface area (TPSA) is 77.8 Å². The van der Waals surface area contributed by atoms with Crippen molar-refractivity contribution in [2.45, 2.75) is 24.0 Å². The van der Waals surface area contributed by atoms with Gasteiger partial charge in [-0.15, -0.1) is 0 Å². The van der Waals surface area contributed by atoms with Crippen LogP contribution in [0.1, 0.15) is 28.9 Å². The van der Waals surface area contributed by atoms with Gasteiger partial charge in [0.2, 0.25) is 10.0 Å². The van der Waals surface area contributed by atoms with Gasteiger partial charge < -0.3 is 10.2 Å². The van der Waals surface area contributed by atoms with Crippen LogP contribution in [0.3, 0.4) is 0 Å². The van der Waals surface area contributed by atoms with Gasteiger partial charge in [0.05, 0.1) is 17.1 Å². The van der Waals surface area contributed by atoms with Gasteiger partial charge in [0.25, 0.3) is 0 Å². The maximum Gasteiger partial charge on any atom is 0.243 e. The first-order chi connectivity index (χ1) is 13.9. The van der Waals surface area contributed by atoms with Crippen molar-refractivity contribution < 1.29 is 18.6 Å².